The number of nitrogens with zero attached hydrogens (tertiary/aromatic N) is 1. The van der Waals surface area contributed by atoms with Gasteiger partial charge in [-0.3, -0.25) is 0 Å². The Balaban J connectivity index is 2.04. The molecule has 0 saturated heterocycles. The van der Waals surface area contributed by atoms with Crippen molar-refractivity contribution in [3.63, 3.8) is 0 Å². The van der Waals surface area contributed by atoms with Gasteiger partial charge in [0.05, 0.1) is 5.71 Å². The molecule has 1 aromatic heterocycles. The average Bonchev–Trinajstić information content (AvgIpc) is 2.67. The van der Waals surface area contributed by atoms with Crippen LogP contribution in [0.5, 0.6) is 5.75 Å². The fourth-order valence-electron chi connectivity index (χ4n) is 3.65. The van der Waals surface area contributed by atoms with Gasteiger partial charge in [-0.05, 0) is 38.0 Å². The second-order valence-electron chi connectivity index (χ2n) is 7.76. The SMILES string of the molecule is CC(=O)ON=C1CC(C)(C)Oc2c1cc1c(-c3ccccc3)cc(=O)oc1c2C. The van der Waals surface area contributed by atoms with E-state index in [2.05, 4.69) is 5.16 Å². The molecular formula is C23H21NO5. The van der Waals surface area contributed by atoms with Crippen molar-refractivity contribution in [3.8, 4) is 16.9 Å². The molecule has 0 spiro atoms. The highest BCUT2D eigenvalue weighted by Crippen LogP contribution is 2.41. The summed E-state index contributed by atoms with van der Waals surface area (Å²) in [5.74, 6) is 0.0878. The summed E-state index contributed by atoms with van der Waals surface area (Å²) in [6.45, 7) is 7.02. The van der Waals surface area contributed by atoms with E-state index in [0.717, 1.165) is 22.1 Å². The molecule has 0 bridgehead atoms. The molecule has 0 radical (unpaired) electrons. The molecule has 0 N–H and O–H groups in total. The van der Waals surface area contributed by atoms with E-state index in [1.54, 1.807) is 0 Å². The Kier molecular flexibility index (Phi) is 4.49. The number of carbonyl (C=O) groups is 1. The summed E-state index contributed by atoms with van der Waals surface area (Å²) < 4.78 is 11.8. The van der Waals surface area contributed by atoms with Crippen LogP contribution < -0.4 is 10.4 Å². The van der Waals surface area contributed by atoms with Crippen LogP contribution in [0.15, 0.2) is 56.8 Å². The van der Waals surface area contributed by atoms with Crippen molar-refractivity contribution < 1.29 is 18.8 Å². The van der Waals surface area contributed by atoms with Crippen LogP contribution in [-0.4, -0.2) is 17.3 Å². The Labute approximate surface area is 167 Å². The van der Waals surface area contributed by atoms with Gasteiger partial charge in [0.2, 0.25) is 0 Å². The van der Waals surface area contributed by atoms with Gasteiger partial charge in [0.1, 0.15) is 16.9 Å². The first-order valence-electron chi connectivity index (χ1n) is 9.36. The minimum absolute atomic E-state index is 0.428. The van der Waals surface area contributed by atoms with Gasteiger partial charge in [-0.1, -0.05) is 35.5 Å². The van der Waals surface area contributed by atoms with Crippen LogP contribution in [0.3, 0.4) is 0 Å². The van der Waals surface area contributed by atoms with E-state index >= 15 is 0 Å². The van der Waals surface area contributed by atoms with Crippen molar-refractivity contribution in [1.82, 2.24) is 0 Å². The first kappa shape index (κ1) is 18.9. The molecular weight excluding hydrogens is 370 g/mol. The van der Waals surface area contributed by atoms with Crippen LogP contribution in [0.2, 0.25) is 0 Å². The molecule has 0 amide bonds. The van der Waals surface area contributed by atoms with E-state index in [1.807, 2.05) is 57.2 Å². The molecule has 4 rings (SSSR count). The Morgan fingerprint density at radius 3 is 2.55 bits per heavy atom. The number of rotatable bonds is 2. The van der Waals surface area contributed by atoms with E-state index in [4.69, 9.17) is 14.0 Å². The lowest BCUT2D eigenvalue weighted by molar-refractivity contribution is -0.141. The van der Waals surface area contributed by atoms with Gasteiger partial charge < -0.3 is 14.0 Å². The second kappa shape index (κ2) is 6.88. The maximum absolute atomic E-state index is 12.3. The molecule has 1 aliphatic rings. The summed E-state index contributed by atoms with van der Waals surface area (Å²) in [6, 6.07) is 13.0. The molecule has 0 unspecified atom stereocenters. The third-order valence-corrected chi connectivity index (χ3v) is 4.87. The minimum atomic E-state index is -0.554. The van der Waals surface area contributed by atoms with Gasteiger partial charge in [0, 0.05) is 35.9 Å². The number of hydrogen-bond acceptors (Lipinski definition) is 6. The smallest absolute Gasteiger partial charge is 0.336 e. The zero-order valence-corrected chi connectivity index (χ0v) is 16.7. The second-order valence-corrected chi connectivity index (χ2v) is 7.76. The lowest BCUT2D eigenvalue weighted by Gasteiger charge is -2.34. The molecule has 3 aromatic rings. The van der Waals surface area contributed by atoms with Gasteiger partial charge in [0.25, 0.3) is 0 Å². The number of aryl methyl sites for hydroxylation is 1. The highest BCUT2D eigenvalue weighted by molar-refractivity contribution is 6.09. The molecule has 6 nitrogen and oxygen atoms in total. The molecule has 29 heavy (non-hydrogen) atoms. The van der Waals surface area contributed by atoms with E-state index in [-0.39, 0.29) is 0 Å². The van der Waals surface area contributed by atoms with Crippen LogP contribution in [-0.2, 0) is 9.63 Å². The van der Waals surface area contributed by atoms with Gasteiger partial charge in [-0.2, -0.15) is 0 Å². The quantitative estimate of drug-likeness (QED) is 0.362. The minimum Gasteiger partial charge on any atom is -0.486 e. The monoisotopic (exact) mass is 391 g/mol. The highest BCUT2D eigenvalue weighted by Gasteiger charge is 2.34. The number of fused-ring (bicyclic) bond motifs is 2. The molecule has 2 aromatic carbocycles. The number of benzene rings is 2. The van der Waals surface area contributed by atoms with Gasteiger partial charge >= 0.3 is 11.6 Å². The van der Waals surface area contributed by atoms with Crippen LogP contribution in [0.4, 0.5) is 0 Å². The third kappa shape index (κ3) is 3.53. The number of hydrogen-bond donors (Lipinski definition) is 0. The van der Waals surface area contributed by atoms with E-state index in [1.165, 1.54) is 13.0 Å². The Morgan fingerprint density at radius 2 is 1.86 bits per heavy atom. The Bertz CT molecular complexity index is 1210. The number of oxime groups is 1. The highest BCUT2D eigenvalue weighted by atomic mass is 16.7. The van der Waals surface area contributed by atoms with Gasteiger partial charge in [0.15, 0.2) is 0 Å². The van der Waals surface area contributed by atoms with E-state index in [9.17, 15) is 9.59 Å². The average molecular weight is 391 g/mol. The maximum Gasteiger partial charge on any atom is 0.336 e. The number of carbonyl (C=O) groups excluding carboxylic acids is 1. The van der Waals surface area contributed by atoms with Crippen molar-refractivity contribution >= 4 is 22.7 Å². The van der Waals surface area contributed by atoms with Crippen LogP contribution in [0, 0.1) is 6.92 Å². The van der Waals surface area contributed by atoms with Crippen molar-refractivity contribution in [3.05, 3.63) is 64.0 Å². The summed E-state index contributed by atoms with van der Waals surface area (Å²) in [5, 5.41) is 4.85. The summed E-state index contributed by atoms with van der Waals surface area (Å²) in [5.41, 5.74) is 3.20. The van der Waals surface area contributed by atoms with Gasteiger partial charge in [-0.15, -0.1) is 0 Å². The molecule has 0 saturated carbocycles. The lowest BCUT2D eigenvalue weighted by atomic mass is 9.88. The standard InChI is InChI=1S/C23H21NO5/c1-13-21-17(16(11-20(26)27-21)15-8-6-5-7-9-15)10-18-19(24-29-14(2)25)12-23(3,4)28-22(13)18/h5-11H,12H2,1-4H3. The Morgan fingerprint density at radius 1 is 1.14 bits per heavy atom. The van der Waals surface area contributed by atoms with Crippen LogP contribution >= 0.6 is 0 Å². The molecule has 1 aliphatic heterocycles. The summed E-state index contributed by atoms with van der Waals surface area (Å²) in [6.07, 6.45) is 0.468. The zero-order chi connectivity index (χ0) is 20.8. The Hall–Kier alpha value is -3.41. The van der Waals surface area contributed by atoms with Crippen molar-refractivity contribution in [2.45, 2.75) is 39.7 Å². The summed E-state index contributed by atoms with van der Waals surface area (Å²) in [4.78, 5) is 28.5. The predicted molar refractivity (Wildman–Crippen MR) is 110 cm³/mol. The zero-order valence-electron chi connectivity index (χ0n) is 16.7. The largest absolute Gasteiger partial charge is 0.486 e. The van der Waals surface area contributed by atoms with E-state index < -0.39 is 17.2 Å². The van der Waals surface area contributed by atoms with Gasteiger partial charge in [-0.25, -0.2) is 9.59 Å². The molecule has 6 heteroatoms. The molecule has 0 atom stereocenters. The topological polar surface area (TPSA) is 78.1 Å². The lowest BCUT2D eigenvalue weighted by Crippen LogP contribution is -2.36. The first-order chi connectivity index (χ1) is 13.7. The van der Waals surface area contributed by atoms with Crippen LogP contribution in [0.25, 0.3) is 22.1 Å². The summed E-state index contributed by atoms with van der Waals surface area (Å²) in [7, 11) is 0. The van der Waals surface area contributed by atoms with Crippen molar-refractivity contribution in [2.24, 2.45) is 5.16 Å². The fraction of sp³-hybridized carbons (Fsp3) is 0.261. The molecule has 0 fully saturated rings. The molecule has 0 aliphatic carbocycles. The first-order valence-corrected chi connectivity index (χ1v) is 9.36. The summed E-state index contributed by atoms with van der Waals surface area (Å²) >= 11 is 0. The fourth-order valence-corrected chi connectivity index (χ4v) is 3.65. The normalized spacial score (nSPS) is 16.3. The number of ether oxygens (including phenoxy) is 1. The maximum atomic E-state index is 12.3. The van der Waals surface area contributed by atoms with Crippen molar-refractivity contribution in [2.75, 3.05) is 0 Å². The van der Waals surface area contributed by atoms with Crippen molar-refractivity contribution in [1.29, 1.82) is 0 Å². The van der Waals surface area contributed by atoms with E-state index in [0.29, 0.717) is 29.0 Å². The van der Waals surface area contributed by atoms with Crippen LogP contribution in [0.1, 0.15) is 38.3 Å². The molecule has 148 valence electrons. The molecule has 2 heterocycles. The third-order valence-electron chi connectivity index (χ3n) is 4.87. The predicted octanol–water partition coefficient (Wildman–Crippen LogP) is 4.60.